The second kappa shape index (κ2) is 4.65. The zero-order valence-electron chi connectivity index (χ0n) is 7.51. The quantitative estimate of drug-likeness (QED) is 0.530. The summed E-state index contributed by atoms with van der Waals surface area (Å²) in [5, 5.41) is 3.31. The van der Waals surface area contributed by atoms with Gasteiger partial charge < -0.3 is 11.1 Å². The highest BCUT2D eigenvalue weighted by molar-refractivity contribution is 5.53. The van der Waals surface area contributed by atoms with Crippen LogP contribution >= 0.6 is 0 Å². The zero-order chi connectivity index (χ0) is 8.81. The maximum atomic E-state index is 5.62. The summed E-state index contributed by atoms with van der Waals surface area (Å²) >= 11 is 0. The molecule has 12 heavy (non-hydrogen) atoms. The van der Waals surface area contributed by atoms with E-state index in [1.807, 2.05) is 24.3 Å². The van der Waals surface area contributed by atoms with Gasteiger partial charge in [-0.15, -0.1) is 0 Å². The molecule has 0 aliphatic rings. The van der Waals surface area contributed by atoms with Crippen molar-refractivity contribution in [2.24, 2.45) is 0 Å². The van der Waals surface area contributed by atoms with Crippen LogP contribution in [0.5, 0.6) is 0 Å². The van der Waals surface area contributed by atoms with Crippen LogP contribution in [0.4, 0.5) is 11.4 Å². The first-order valence-electron chi connectivity index (χ1n) is 4.42. The first kappa shape index (κ1) is 8.91. The number of unbranched alkanes of at least 4 members (excludes halogenated alkanes) is 1. The van der Waals surface area contributed by atoms with Crippen molar-refractivity contribution in [1.29, 1.82) is 0 Å². The fraction of sp³-hybridized carbons (Fsp3) is 0.400. The van der Waals surface area contributed by atoms with Crippen LogP contribution in [0.3, 0.4) is 0 Å². The van der Waals surface area contributed by atoms with Crippen molar-refractivity contribution in [2.75, 3.05) is 17.6 Å². The van der Waals surface area contributed by atoms with Gasteiger partial charge in [-0.25, -0.2) is 0 Å². The van der Waals surface area contributed by atoms with Crippen molar-refractivity contribution in [1.82, 2.24) is 0 Å². The van der Waals surface area contributed by atoms with Crippen LogP contribution in [0.2, 0.25) is 0 Å². The third-order valence-electron chi connectivity index (χ3n) is 1.75. The summed E-state index contributed by atoms with van der Waals surface area (Å²) in [5.74, 6) is 0. The fourth-order valence-corrected chi connectivity index (χ4v) is 1.06. The van der Waals surface area contributed by atoms with E-state index in [1.165, 1.54) is 12.8 Å². The van der Waals surface area contributed by atoms with Gasteiger partial charge in [0.2, 0.25) is 0 Å². The Morgan fingerprint density at radius 3 is 2.92 bits per heavy atom. The summed E-state index contributed by atoms with van der Waals surface area (Å²) in [6, 6.07) is 7.84. The van der Waals surface area contributed by atoms with Crippen molar-refractivity contribution in [3.05, 3.63) is 24.3 Å². The molecular formula is C10H16N2. The number of rotatable bonds is 4. The van der Waals surface area contributed by atoms with Crippen molar-refractivity contribution in [3.8, 4) is 0 Å². The van der Waals surface area contributed by atoms with E-state index in [-0.39, 0.29) is 0 Å². The van der Waals surface area contributed by atoms with Crippen LogP contribution in [-0.4, -0.2) is 6.54 Å². The standard InChI is InChI=1S/C10H16N2/c1-2-3-7-12-10-6-4-5-9(11)8-10/h4-6,8,12H,2-3,7,11H2,1H3. The molecule has 0 spiro atoms. The third kappa shape index (κ3) is 2.82. The summed E-state index contributed by atoms with van der Waals surface area (Å²) in [4.78, 5) is 0. The Balaban J connectivity index is 2.41. The summed E-state index contributed by atoms with van der Waals surface area (Å²) in [5.41, 5.74) is 7.55. The Morgan fingerprint density at radius 1 is 1.42 bits per heavy atom. The highest BCUT2D eigenvalue weighted by Gasteiger charge is 1.90. The minimum atomic E-state index is 0.816. The lowest BCUT2D eigenvalue weighted by molar-refractivity contribution is 0.834. The molecular weight excluding hydrogens is 148 g/mol. The van der Waals surface area contributed by atoms with E-state index < -0.39 is 0 Å². The maximum Gasteiger partial charge on any atom is 0.0360 e. The first-order chi connectivity index (χ1) is 5.83. The molecule has 0 aliphatic heterocycles. The van der Waals surface area contributed by atoms with Crippen molar-refractivity contribution in [2.45, 2.75) is 19.8 Å². The molecule has 1 rings (SSSR count). The largest absolute Gasteiger partial charge is 0.399 e. The van der Waals surface area contributed by atoms with Gasteiger partial charge in [0.1, 0.15) is 0 Å². The molecule has 0 radical (unpaired) electrons. The molecule has 0 heterocycles. The normalized spacial score (nSPS) is 9.75. The molecule has 66 valence electrons. The van der Waals surface area contributed by atoms with E-state index in [0.717, 1.165) is 17.9 Å². The van der Waals surface area contributed by atoms with Gasteiger partial charge in [-0.3, -0.25) is 0 Å². The molecule has 0 unspecified atom stereocenters. The second-order valence-electron chi connectivity index (χ2n) is 2.91. The maximum absolute atomic E-state index is 5.62. The van der Waals surface area contributed by atoms with E-state index in [9.17, 15) is 0 Å². The summed E-state index contributed by atoms with van der Waals surface area (Å²) < 4.78 is 0. The molecule has 2 heteroatoms. The van der Waals surface area contributed by atoms with Gasteiger partial charge in [0, 0.05) is 17.9 Å². The minimum absolute atomic E-state index is 0.816. The Bertz CT molecular complexity index is 233. The SMILES string of the molecule is CCCCNc1cccc(N)c1. The van der Waals surface area contributed by atoms with E-state index in [1.54, 1.807) is 0 Å². The number of anilines is 2. The Kier molecular flexibility index (Phi) is 3.45. The van der Waals surface area contributed by atoms with Crippen LogP contribution < -0.4 is 11.1 Å². The van der Waals surface area contributed by atoms with Crippen LogP contribution in [0.25, 0.3) is 0 Å². The van der Waals surface area contributed by atoms with E-state index in [2.05, 4.69) is 12.2 Å². The molecule has 0 aliphatic carbocycles. The zero-order valence-corrected chi connectivity index (χ0v) is 7.51. The second-order valence-corrected chi connectivity index (χ2v) is 2.91. The number of nitrogens with two attached hydrogens (primary N) is 1. The molecule has 0 aromatic heterocycles. The van der Waals surface area contributed by atoms with Crippen LogP contribution in [0.1, 0.15) is 19.8 Å². The predicted molar refractivity (Wildman–Crippen MR) is 54.3 cm³/mol. The number of nitrogen functional groups attached to an aromatic ring is 1. The first-order valence-corrected chi connectivity index (χ1v) is 4.42. The van der Waals surface area contributed by atoms with Crippen LogP contribution in [0.15, 0.2) is 24.3 Å². The van der Waals surface area contributed by atoms with Gasteiger partial charge in [0.25, 0.3) is 0 Å². The number of benzene rings is 1. The Labute approximate surface area is 73.8 Å². The average molecular weight is 164 g/mol. The van der Waals surface area contributed by atoms with Gasteiger partial charge in [-0.2, -0.15) is 0 Å². The highest BCUT2D eigenvalue weighted by atomic mass is 14.9. The summed E-state index contributed by atoms with van der Waals surface area (Å²) in [7, 11) is 0. The number of hydrogen-bond acceptors (Lipinski definition) is 2. The molecule has 0 atom stereocenters. The lowest BCUT2D eigenvalue weighted by Gasteiger charge is -2.05. The van der Waals surface area contributed by atoms with Gasteiger partial charge in [0.05, 0.1) is 0 Å². The van der Waals surface area contributed by atoms with Gasteiger partial charge >= 0.3 is 0 Å². The van der Waals surface area contributed by atoms with Crippen LogP contribution in [-0.2, 0) is 0 Å². The lowest BCUT2D eigenvalue weighted by atomic mass is 10.2. The van der Waals surface area contributed by atoms with Crippen LogP contribution in [0, 0.1) is 0 Å². The fourth-order valence-electron chi connectivity index (χ4n) is 1.06. The smallest absolute Gasteiger partial charge is 0.0360 e. The van der Waals surface area contributed by atoms with Crippen molar-refractivity contribution in [3.63, 3.8) is 0 Å². The molecule has 0 saturated carbocycles. The highest BCUT2D eigenvalue weighted by Crippen LogP contribution is 2.11. The number of hydrogen-bond donors (Lipinski definition) is 2. The van der Waals surface area contributed by atoms with Gasteiger partial charge in [-0.1, -0.05) is 19.4 Å². The van der Waals surface area contributed by atoms with E-state index >= 15 is 0 Å². The third-order valence-corrected chi connectivity index (χ3v) is 1.75. The lowest BCUT2D eigenvalue weighted by Crippen LogP contribution is -2.00. The Hall–Kier alpha value is -1.18. The molecule has 0 saturated heterocycles. The van der Waals surface area contributed by atoms with Crippen molar-refractivity contribution < 1.29 is 0 Å². The van der Waals surface area contributed by atoms with E-state index in [0.29, 0.717) is 0 Å². The molecule has 1 aromatic rings. The molecule has 1 aromatic carbocycles. The monoisotopic (exact) mass is 164 g/mol. The summed E-state index contributed by atoms with van der Waals surface area (Å²) in [6.45, 7) is 3.21. The Morgan fingerprint density at radius 2 is 2.25 bits per heavy atom. The predicted octanol–water partition coefficient (Wildman–Crippen LogP) is 2.48. The number of nitrogens with one attached hydrogen (secondary N) is 1. The molecule has 0 bridgehead atoms. The molecule has 0 fully saturated rings. The molecule has 3 N–H and O–H groups in total. The van der Waals surface area contributed by atoms with Gasteiger partial charge in [0.15, 0.2) is 0 Å². The van der Waals surface area contributed by atoms with Crippen molar-refractivity contribution >= 4 is 11.4 Å². The molecule has 2 nitrogen and oxygen atoms in total. The average Bonchev–Trinajstić information content (AvgIpc) is 2.05. The minimum Gasteiger partial charge on any atom is -0.399 e. The summed E-state index contributed by atoms with van der Waals surface area (Å²) in [6.07, 6.45) is 2.42. The van der Waals surface area contributed by atoms with Gasteiger partial charge in [-0.05, 0) is 24.6 Å². The topological polar surface area (TPSA) is 38.0 Å². The molecule has 0 amide bonds. The van der Waals surface area contributed by atoms with E-state index in [4.69, 9.17) is 5.73 Å².